The third kappa shape index (κ3) is 3.61. The Bertz CT molecular complexity index is 1040. The van der Waals surface area contributed by atoms with Crippen LogP contribution in [0.4, 0.5) is 0 Å². The van der Waals surface area contributed by atoms with E-state index in [1.54, 1.807) is 43.9 Å². The smallest absolute Gasteiger partial charge is 0.260 e. The summed E-state index contributed by atoms with van der Waals surface area (Å²) in [6, 6.07) is 11.4. The highest BCUT2D eigenvalue weighted by atomic mass is 32.1. The van der Waals surface area contributed by atoms with Crippen LogP contribution in [0.3, 0.4) is 0 Å². The number of methoxy groups -OCH3 is 2. The first-order valence-corrected chi connectivity index (χ1v) is 10.7. The van der Waals surface area contributed by atoms with E-state index in [-0.39, 0.29) is 11.9 Å². The molecule has 7 heteroatoms. The minimum atomic E-state index is -0.212. The number of aromatic nitrogens is 1. The van der Waals surface area contributed by atoms with Gasteiger partial charge < -0.3 is 19.1 Å². The average Bonchev–Trinajstić information content (AvgIpc) is 3.32. The molecule has 0 radical (unpaired) electrons. The van der Waals surface area contributed by atoms with Crippen molar-refractivity contribution in [2.45, 2.75) is 19.4 Å². The molecule has 1 aliphatic rings. The van der Waals surface area contributed by atoms with Crippen molar-refractivity contribution in [1.29, 1.82) is 0 Å². The molecule has 2 aromatic heterocycles. The molecule has 1 amide bonds. The predicted molar refractivity (Wildman–Crippen MR) is 116 cm³/mol. The molecule has 0 aliphatic carbocycles. The molecule has 0 bridgehead atoms. The van der Waals surface area contributed by atoms with Crippen molar-refractivity contribution < 1.29 is 19.0 Å². The second kappa shape index (κ2) is 8.75. The van der Waals surface area contributed by atoms with Crippen molar-refractivity contribution in [1.82, 2.24) is 9.88 Å². The lowest BCUT2D eigenvalue weighted by Gasteiger charge is -2.37. The molecule has 0 saturated carbocycles. The van der Waals surface area contributed by atoms with Gasteiger partial charge in [0.25, 0.3) is 5.91 Å². The molecule has 6 nitrogen and oxygen atoms in total. The summed E-state index contributed by atoms with van der Waals surface area (Å²) in [7, 11) is 3.26. The van der Waals surface area contributed by atoms with Crippen LogP contribution in [0.15, 0.2) is 48.0 Å². The molecule has 0 fully saturated rings. The van der Waals surface area contributed by atoms with Crippen LogP contribution in [0.2, 0.25) is 0 Å². The Kier molecular flexibility index (Phi) is 5.90. The van der Waals surface area contributed by atoms with E-state index in [0.29, 0.717) is 36.1 Å². The normalized spacial score (nSPS) is 15.4. The maximum absolute atomic E-state index is 13.6. The fourth-order valence-corrected chi connectivity index (χ4v) is 4.73. The zero-order valence-corrected chi connectivity index (χ0v) is 18.1. The van der Waals surface area contributed by atoms with E-state index in [0.717, 1.165) is 22.4 Å². The first kappa shape index (κ1) is 20.2. The number of carbonyl (C=O) groups excluding carboxylic acids is 1. The molecule has 0 saturated heterocycles. The van der Waals surface area contributed by atoms with Crippen LogP contribution in [0, 0.1) is 0 Å². The van der Waals surface area contributed by atoms with Crippen molar-refractivity contribution in [2.24, 2.45) is 0 Å². The number of thiophene rings is 1. The first-order valence-electron chi connectivity index (χ1n) is 9.84. The van der Waals surface area contributed by atoms with E-state index >= 15 is 0 Å². The van der Waals surface area contributed by atoms with Crippen molar-refractivity contribution in [3.63, 3.8) is 0 Å². The number of benzene rings is 1. The quantitative estimate of drug-likeness (QED) is 0.589. The zero-order valence-electron chi connectivity index (χ0n) is 17.3. The van der Waals surface area contributed by atoms with Gasteiger partial charge in [-0.3, -0.25) is 4.79 Å². The molecule has 0 unspecified atom stereocenters. The van der Waals surface area contributed by atoms with Gasteiger partial charge in [-0.1, -0.05) is 6.07 Å². The number of hydrogen-bond acceptors (Lipinski definition) is 6. The Morgan fingerprint density at radius 2 is 2.00 bits per heavy atom. The number of fused-ring (bicyclic) bond motifs is 1. The average molecular weight is 425 g/mol. The lowest BCUT2D eigenvalue weighted by molar-refractivity contribution is 0.0691. The number of carbonyl (C=O) groups is 1. The fraction of sp³-hybridized carbons (Fsp3) is 0.304. The van der Waals surface area contributed by atoms with Gasteiger partial charge in [0.2, 0.25) is 5.88 Å². The van der Waals surface area contributed by atoms with Gasteiger partial charge in [0.15, 0.2) is 11.5 Å². The Morgan fingerprint density at radius 3 is 2.70 bits per heavy atom. The van der Waals surface area contributed by atoms with E-state index in [4.69, 9.17) is 14.2 Å². The highest BCUT2D eigenvalue weighted by Gasteiger charge is 2.35. The number of pyridine rings is 1. The van der Waals surface area contributed by atoms with Gasteiger partial charge in [0.1, 0.15) is 5.56 Å². The zero-order chi connectivity index (χ0) is 21.1. The summed E-state index contributed by atoms with van der Waals surface area (Å²) < 4.78 is 16.6. The highest BCUT2D eigenvalue weighted by Crippen LogP contribution is 2.43. The number of amides is 1. The standard InChI is InChI=1S/C23H24N2O4S/c1-4-29-22-16(7-5-10-24-22)23(26)25-11-9-15-13-18(27-2)19(28-3)14-17(15)21(25)20-8-6-12-30-20/h5-8,10,12-14,21H,4,9,11H2,1-3H3/t21-/m1/s1. The van der Waals surface area contributed by atoms with Crippen LogP contribution < -0.4 is 14.2 Å². The molecule has 1 aliphatic heterocycles. The van der Waals surface area contributed by atoms with Crippen LogP contribution in [0.5, 0.6) is 17.4 Å². The summed E-state index contributed by atoms with van der Waals surface area (Å²) in [6.45, 7) is 2.92. The van der Waals surface area contributed by atoms with Crippen LogP contribution in [-0.4, -0.2) is 43.2 Å². The predicted octanol–water partition coefficient (Wildman–Crippen LogP) is 4.35. The van der Waals surface area contributed by atoms with E-state index in [1.807, 2.05) is 35.4 Å². The molecular weight excluding hydrogens is 400 g/mol. The second-order valence-electron chi connectivity index (χ2n) is 6.86. The Balaban J connectivity index is 1.81. The van der Waals surface area contributed by atoms with Crippen molar-refractivity contribution in [2.75, 3.05) is 27.4 Å². The SMILES string of the molecule is CCOc1ncccc1C(=O)N1CCc2cc(OC)c(OC)cc2[C@@H]1c1cccs1. The Hall–Kier alpha value is -3.06. The van der Waals surface area contributed by atoms with E-state index in [2.05, 4.69) is 11.1 Å². The van der Waals surface area contributed by atoms with Crippen LogP contribution in [-0.2, 0) is 6.42 Å². The molecule has 3 heterocycles. The van der Waals surface area contributed by atoms with Gasteiger partial charge in [-0.15, -0.1) is 11.3 Å². The topological polar surface area (TPSA) is 60.9 Å². The summed E-state index contributed by atoms with van der Waals surface area (Å²) >= 11 is 1.63. The van der Waals surface area contributed by atoms with Crippen LogP contribution >= 0.6 is 11.3 Å². The molecule has 3 aromatic rings. The maximum atomic E-state index is 13.6. The minimum absolute atomic E-state index is 0.0922. The molecule has 0 N–H and O–H groups in total. The number of hydrogen-bond donors (Lipinski definition) is 0. The minimum Gasteiger partial charge on any atom is -0.493 e. The summed E-state index contributed by atoms with van der Waals surface area (Å²) in [6.07, 6.45) is 2.37. The molecular formula is C23H24N2O4S. The van der Waals surface area contributed by atoms with Gasteiger partial charge >= 0.3 is 0 Å². The molecule has 4 rings (SSSR count). The Labute approximate surface area is 180 Å². The maximum Gasteiger partial charge on any atom is 0.260 e. The van der Waals surface area contributed by atoms with Crippen molar-refractivity contribution >= 4 is 17.2 Å². The lowest BCUT2D eigenvalue weighted by Crippen LogP contribution is -2.40. The van der Waals surface area contributed by atoms with E-state index in [9.17, 15) is 4.79 Å². The van der Waals surface area contributed by atoms with Gasteiger partial charge in [-0.05, 0) is 60.2 Å². The largest absolute Gasteiger partial charge is 0.493 e. The highest BCUT2D eigenvalue weighted by molar-refractivity contribution is 7.10. The summed E-state index contributed by atoms with van der Waals surface area (Å²) in [4.78, 5) is 20.9. The number of rotatable bonds is 6. The van der Waals surface area contributed by atoms with Crippen LogP contribution in [0.1, 0.15) is 39.3 Å². The van der Waals surface area contributed by atoms with Gasteiger partial charge in [-0.25, -0.2) is 4.98 Å². The van der Waals surface area contributed by atoms with Crippen molar-refractivity contribution in [3.05, 3.63) is 69.5 Å². The summed E-state index contributed by atoms with van der Waals surface area (Å²) in [5.41, 5.74) is 2.69. The Morgan fingerprint density at radius 1 is 1.20 bits per heavy atom. The van der Waals surface area contributed by atoms with Crippen molar-refractivity contribution in [3.8, 4) is 17.4 Å². The third-order valence-electron chi connectivity index (χ3n) is 5.23. The number of nitrogens with zero attached hydrogens (tertiary/aromatic N) is 2. The first-order chi connectivity index (χ1) is 14.7. The van der Waals surface area contributed by atoms with E-state index in [1.165, 1.54) is 0 Å². The fourth-order valence-electron chi connectivity index (χ4n) is 3.88. The lowest BCUT2D eigenvalue weighted by atomic mass is 9.90. The second-order valence-corrected chi connectivity index (χ2v) is 7.84. The van der Waals surface area contributed by atoms with Gasteiger partial charge in [0, 0.05) is 17.6 Å². The molecule has 30 heavy (non-hydrogen) atoms. The summed E-state index contributed by atoms with van der Waals surface area (Å²) in [5.74, 6) is 1.63. The summed E-state index contributed by atoms with van der Waals surface area (Å²) in [5, 5.41) is 2.03. The van der Waals surface area contributed by atoms with Crippen LogP contribution in [0.25, 0.3) is 0 Å². The number of ether oxygens (including phenoxy) is 3. The molecule has 1 aromatic carbocycles. The van der Waals surface area contributed by atoms with E-state index < -0.39 is 0 Å². The molecule has 0 spiro atoms. The van der Waals surface area contributed by atoms with Gasteiger partial charge in [0.05, 0.1) is 26.9 Å². The molecule has 1 atom stereocenters. The molecule has 156 valence electrons. The van der Waals surface area contributed by atoms with Gasteiger partial charge in [-0.2, -0.15) is 0 Å². The monoisotopic (exact) mass is 424 g/mol. The third-order valence-corrected chi connectivity index (χ3v) is 6.15.